The SMILES string of the molecule is O=C(NC1CCN(c2ccccc2)C1)C1CCCN1. The third-order valence-electron chi connectivity index (χ3n) is 4.03. The number of carbonyl (C=O) groups is 1. The fraction of sp³-hybridized carbons (Fsp3) is 0.533. The van der Waals surface area contributed by atoms with Crippen molar-refractivity contribution in [3.05, 3.63) is 30.3 Å². The lowest BCUT2D eigenvalue weighted by atomic mass is 10.2. The van der Waals surface area contributed by atoms with Gasteiger partial charge < -0.3 is 15.5 Å². The standard InChI is InChI=1S/C15H21N3O/c19-15(14-7-4-9-16-14)17-12-8-10-18(11-12)13-5-2-1-3-6-13/h1-3,5-6,12,14,16H,4,7-11H2,(H,17,19). The zero-order valence-corrected chi connectivity index (χ0v) is 11.1. The predicted octanol–water partition coefficient (Wildman–Crippen LogP) is 1.13. The average molecular weight is 259 g/mol. The molecule has 4 nitrogen and oxygen atoms in total. The van der Waals surface area contributed by atoms with Crippen molar-refractivity contribution >= 4 is 11.6 Å². The summed E-state index contributed by atoms with van der Waals surface area (Å²) in [7, 11) is 0. The summed E-state index contributed by atoms with van der Waals surface area (Å²) < 4.78 is 0. The molecule has 2 aliphatic rings. The molecule has 1 amide bonds. The summed E-state index contributed by atoms with van der Waals surface area (Å²) in [6.45, 7) is 2.91. The Kier molecular flexibility index (Phi) is 3.69. The van der Waals surface area contributed by atoms with E-state index in [9.17, 15) is 4.79 Å². The molecule has 0 saturated carbocycles. The molecule has 102 valence electrons. The lowest BCUT2D eigenvalue weighted by Gasteiger charge is -2.20. The summed E-state index contributed by atoms with van der Waals surface area (Å²) in [5.74, 6) is 0.178. The van der Waals surface area contributed by atoms with Gasteiger partial charge in [0.15, 0.2) is 0 Å². The van der Waals surface area contributed by atoms with E-state index in [1.165, 1.54) is 5.69 Å². The molecule has 2 unspecified atom stereocenters. The summed E-state index contributed by atoms with van der Waals surface area (Å²) in [5.41, 5.74) is 1.25. The minimum Gasteiger partial charge on any atom is -0.369 e. The van der Waals surface area contributed by atoms with Crippen LogP contribution in [0.4, 0.5) is 5.69 Å². The number of anilines is 1. The molecule has 0 bridgehead atoms. The van der Waals surface area contributed by atoms with Crippen molar-refractivity contribution in [3.63, 3.8) is 0 Å². The van der Waals surface area contributed by atoms with Gasteiger partial charge in [-0.15, -0.1) is 0 Å². The van der Waals surface area contributed by atoms with Crippen molar-refractivity contribution in [1.29, 1.82) is 0 Å². The number of para-hydroxylation sites is 1. The Morgan fingerprint density at radius 2 is 2.11 bits per heavy atom. The zero-order chi connectivity index (χ0) is 13.1. The van der Waals surface area contributed by atoms with Crippen LogP contribution in [-0.4, -0.2) is 37.6 Å². The minimum absolute atomic E-state index is 0.0331. The summed E-state index contributed by atoms with van der Waals surface area (Å²) in [4.78, 5) is 14.4. The second-order valence-corrected chi connectivity index (χ2v) is 5.42. The molecular weight excluding hydrogens is 238 g/mol. The molecule has 3 rings (SSSR count). The Labute approximate surface area is 114 Å². The number of nitrogens with one attached hydrogen (secondary N) is 2. The van der Waals surface area contributed by atoms with Gasteiger partial charge in [-0.2, -0.15) is 0 Å². The van der Waals surface area contributed by atoms with Crippen molar-refractivity contribution in [1.82, 2.24) is 10.6 Å². The monoisotopic (exact) mass is 259 g/mol. The molecule has 2 saturated heterocycles. The summed E-state index contributed by atoms with van der Waals surface area (Å²) in [6, 6.07) is 10.7. The molecule has 0 radical (unpaired) electrons. The van der Waals surface area contributed by atoms with E-state index in [2.05, 4.69) is 39.8 Å². The highest BCUT2D eigenvalue weighted by Crippen LogP contribution is 2.19. The van der Waals surface area contributed by atoms with Gasteiger partial charge in [0.2, 0.25) is 5.91 Å². The van der Waals surface area contributed by atoms with Gasteiger partial charge >= 0.3 is 0 Å². The van der Waals surface area contributed by atoms with Gasteiger partial charge in [0.05, 0.1) is 6.04 Å². The molecule has 0 aliphatic carbocycles. The smallest absolute Gasteiger partial charge is 0.237 e. The van der Waals surface area contributed by atoms with Crippen molar-refractivity contribution < 1.29 is 4.79 Å². The van der Waals surface area contributed by atoms with Crippen molar-refractivity contribution in [2.45, 2.75) is 31.3 Å². The van der Waals surface area contributed by atoms with Crippen LogP contribution in [0.5, 0.6) is 0 Å². The highest BCUT2D eigenvalue weighted by atomic mass is 16.2. The number of carbonyl (C=O) groups excluding carboxylic acids is 1. The fourth-order valence-corrected chi connectivity index (χ4v) is 2.96. The number of amides is 1. The van der Waals surface area contributed by atoms with Crippen molar-refractivity contribution in [2.75, 3.05) is 24.5 Å². The van der Waals surface area contributed by atoms with Crippen LogP contribution in [0.15, 0.2) is 30.3 Å². The first kappa shape index (κ1) is 12.5. The summed E-state index contributed by atoms with van der Waals surface area (Å²) >= 11 is 0. The maximum absolute atomic E-state index is 12.1. The van der Waals surface area contributed by atoms with Crippen LogP contribution in [0.3, 0.4) is 0 Å². The van der Waals surface area contributed by atoms with E-state index >= 15 is 0 Å². The van der Waals surface area contributed by atoms with Crippen molar-refractivity contribution in [2.24, 2.45) is 0 Å². The van der Waals surface area contributed by atoms with E-state index < -0.39 is 0 Å². The van der Waals surface area contributed by atoms with E-state index in [1.807, 2.05) is 6.07 Å². The van der Waals surface area contributed by atoms with E-state index in [4.69, 9.17) is 0 Å². The molecule has 0 spiro atoms. The van der Waals surface area contributed by atoms with Gasteiger partial charge in [-0.3, -0.25) is 4.79 Å². The van der Waals surface area contributed by atoms with Crippen molar-refractivity contribution in [3.8, 4) is 0 Å². The molecule has 2 N–H and O–H groups in total. The highest BCUT2D eigenvalue weighted by molar-refractivity contribution is 5.82. The molecule has 1 aromatic carbocycles. The van der Waals surface area contributed by atoms with E-state index in [1.54, 1.807) is 0 Å². The Morgan fingerprint density at radius 3 is 2.84 bits per heavy atom. The second kappa shape index (κ2) is 5.61. The lowest BCUT2D eigenvalue weighted by molar-refractivity contribution is -0.123. The average Bonchev–Trinajstić information content (AvgIpc) is 3.11. The van der Waals surface area contributed by atoms with E-state index in [-0.39, 0.29) is 18.0 Å². The number of rotatable bonds is 3. The molecular formula is C15H21N3O. The number of hydrogen-bond donors (Lipinski definition) is 2. The molecule has 2 aliphatic heterocycles. The Balaban J connectivity index is 1.53. The molecule has 0 aromatic heterocycles. The van der Waals surface area contributed by atoms with Crippen LogP contribution in [0.1, 0.15) is 19.3 Å². The molecule has 2 heterocycles. The maximum Gasteiger partial charge on any atom is 0.237 e. The Morgan fingerprint density at radius 1 is 1.26 bits per heavy atom. The predicted molar refractivity (Wildman–Crippen MR) is 76.2 cm³/mol. The third kappa shape index (κ3) is 2.89. The number of hydrogen-bond acceptors (Lipinski definition) is 3. The van der Waals surface area contributed by atoms with Gasteiger partial charge in [0.25, 0.3) is 0 Å². The third-order valence-corrected chi connectivity index (χ3v) is 4.03. The fourth-order valence-electron chi connectivity index (χ4n) is 2.96. The maximum atomic E-state index is 12.1. The van der Waals surface area contributed by atoms with Gasteiger partial charge in [-0.05, 0) is 37.9 Å². The first-order valence-corrected chi connectivity index (χ1v) is 7.17. The van der Waals surface area contributed by atoms with Gasteiger partial charge in [-0.1, -0.05) is 18.2 Å². The normalized spacial score (nSPS) is 26.6. The summed E-state index contributed by atoms with van der Waals surface area (Å²) in [6.07, 6.45) is 3.12. The first-order chi connectivity index (χ1) is 9.33. The van der Waals surface area contributed by atoms with Crippen LogP contribution in [0.2, 0.25) is 0 Å². The first-order valence-electron chi connectivity index (χ1n) is 7.17. The van der Waals surface area contributed by atoms with Crippen LogP contribution in [0, 0.1) is 0 Å². The quantitative estimate of drug-likeness (QED) is 0.855. The number of benzene rings is 1. The van der Waals surface area contributed by atoms with E-state index in [0.29, 0.717) is 0 Å². The minimum atomic E-state index is 0.0331. The van der Waals surface area contributed by atoms with Crippen LogP contribution in [0.25, 0.3) is 0 Å². The van der Waals surface area contributed by atoms with Gasteiger partial charge in [0, 0.05) is 24.8 Å². The van der Waals surface area contributed by atoms with Gasteiger partial charge in [-0.25, -0.2) is 0 Å². The highest BCUT2D eigenvalue weighted by Gasteiger charge is 2.28. The summed E-state index contributed by atoms with van der Waals surface area (Å²) in [5, 5.41) is 6.42. The van der Waals surface area contributed by atoms with Crippen LogP contribution in [-0.2, 0) is 4.79 Å². The Hall–Kier alpha value is -1.55. The van der Waals surface area contributed by atoms with Crippen LogP contribution < -0.4 is 15.5 Å². The van der Waals surface area contributed by atoms with Crippen LogP contribution >= 0.6 is 0 Å². The lowest BCUT2D eigenvalue weighted by Crippen LogP contribution is -2.46. The molecule has 1 aromatic rings. The number of nitrogens with zero attached hydrogens (tertiary/aromatic N) is 1. The zero-order valence-electron chi connectivity index (χ0n) is 11.1. The molecule has 4 heteroatoms. The topological polar surface area (TPSA) is 44.4 Å². The molecule has 2 fully saturated rings. The largest absolute Gasteiger partial charge is 0.369 e. The van der Waals surface area contributed by atoms with Gasteiger partial charge in [0.1, 0.15) is 0 Å². The molecule has 19 heavy (non-hydrogen) atoms. The van der Waals surface area contributed by atoms with E-state index in [0.717, 1.165) is 38.9 Å². The Bertz CT molecular complexity index is 428. The molecule has 2 atom stereocenters. The second-order valence-electron chi connectivity index (χ2n) is 5.42.